The predicted molar refractivity (Wildman–Crippen MR) is 84.4 cm³/mol. The van der Waals surface area contributed by atoms with Crippen LogP contribution in [0.2, 0.25) is 0 Å². The van der Waals surface area contributed by atoms with Gasteiger partial charge in [-0.25, -0.2) is 4.98 Å². The van der Waals surface area contributed by atoms with Crippen molar-refractivity contribution in [2.75, 3.05) is 31.1 Å². The fraction of sp³-hybridized carbons (Fsp3) is 0.250. The molecule has 0 aliphatic carbocycles. The summed E-state index contributed by atoms with van der Waals surface area (Å²) in [7, 11) is 0. The maximum atomic E-state index is 4.64. The number of piperazine rings is 1. The summed E-state index contributed by atoms with van der Waals surface area (Å²) < 4.78 is 0. The molecule has 0 saturated carbocycles. The average molecular weight is 279 g/mol. The molecule has 5 heteroatoms. The minimum absolute atomic E-state index is 1.02. The van der Waals surface area contributed by atoms with Crippen LogP contribution >= 0.6 is 0 Å². The van der Waals surface area contributed by atoms with Crippen molar-refractivity contribution < 1.29 is 0 Å². The van der Waals surface area contributed by atoms with E-state index in [2.05, 4.69) is 43.6 Å². The second-order valence-electron chi connectivity index (χ2n) is 5.28. The monoisotopic (exact) mass is 279 g/mol. The number of fused-ring (bicyclic) bond motifs is 1. The summed E-state index contributed by atoms with van der Waals surface area (Å²) in [5, 5.41) is 11.6. The Morgan fingerprint density at radius 2 is 1.90 bits per heavy atom. The summed E-state index contributed by atoms with van der Waals surface area (Å²) >= 11 is 0. The molecule has 3 aromatic rings. The first-order valence-electron chi connectivity index (χ1n) is 7.26. The third-order valence-corrected chi connectivity index (χ3v) is 3.98. The van der Waals surface area contributed by atoms with Crippen LogP contribution < -0.4 is 10.2 Å². The lowest BCUT2D eigenvalue weighted by molar-refractivity contribution is 0.585. The SMILES string of the molecule is c1cc(-c2ccc(N3CCNCC3)nc2)c2cn[nH]c2c1. The van der Waals surface area contributed by atoms with Crippen LogP contribution in [0.1, 0.15) is 0 Å². The highest BCUT2D eigenvalue weighted by molar-refractivity contribution is 5.94. The van der Waals surface area contributed by atoms with Crippen LogP contribution in [0, 0.1) is 0 Å². The lowest BCUT2D eigenvalue weighted by Gasteiger charge is -2.28. The van der Waals surface area contributed by atoms with Crippen LogP contribution in [0.25, 0.3) is 22.0 Å². The topological polar surface area (TPSA) is 56.8 Å². The van der Waals surface area contributed by atoms with Crippen molar-refractivity contribution in [2.24, 2.45) is 0 Å². The van der Waals surface area contributed by atoms with Crippen molar-refractivity contribution in [1.29, 1.82) is 0 Å². The van der Waals surface area contributed by atoms with E-state index in [4.69, 9.17) is 0 Å². The van der Waals surface area contributed by atoms with Crippen molar-refractivity contribution in [3.05, 3.63) is 42.7 Å². The van der Waals surface area contributed by atoms with Crippen LogP contribution in [0.4, 0.5) is 5.82 Å². The molecule has 3 heterocycles. The molecule has 0 atom stereocenters. The van der Waals surface area contributed by atoms with Crippen molar-refractivity contribution in [1.82, 2.24) is 20.5 Å². The fourth-order valence-corrected chi connectivity index (χ4v) is 2.85. The van der Waals surface area contributed by atoms with Crippen molar-refractivity contribution in [3.63, 3.8) is 0 Å². The Bertz CT molecular complexity index is 741. The zero-order chi connectivity index (χ0) is 14.1. The summed E-state index contributed by atoms with van der Waals surface area (Å²) in [5.41, 5.74) is 3.35. The van der Waals surface area contributed by atoms with Gasteiger partial charge >= 0.3 is 0 Å². The van der Waals surface area contributed by atoms with Gasteiger partial charge < -0.3 is 10.2 Å². The number of anilines is 1. The Labute approximate surface area is 123 Å². The summed E-state index contributed by atoms with van der Waals surface area (Å²) in [6.07, 6.45) is 3.83. The lowest BCUT2D eigenvalue weighted by atomic mass is 10.0. The lowest BCUT2D eigenvalue weighted by Crippen LogP contribution is -2.43. The smallest absolute Gasteiger partial charge is 0.128 e. The van der Waals surface area contributed by atoms with Gasteiger partial charge in [-0.15, -0.1) is 0 Å². The number of hydrogen-bond acceptors (Lipinski definition) is 4. The van der Waals surface area contributed by atoms with Crippen molar-refractivity contribution >= 4 is 16.7 Å². The highest BCUT2D eigenvalue weighted by Gasteiger charge is 2.12. The van der Waals surface area contributed by atoms with Crippen molar-refractivity contribution in [3.8, 4) is 11.1 Å². The molecule has 106 valence electrons. The molecule has 0 spiro atoms. The number of benzene rings is 1. The van der Waals surface area contributed by atoms with Crippen LogP contribution in [-0.4, -0.2) is 41.4 Å². The maximum Gasteiger partial charge on any atom is 0.128 e. The van der Waals surface area contributed by atoms with Gasteiger partial charge in [0.15, 0.2) is 0 Å². The van der Waals surface area contributed by atoms with E-state index in [9.17, 15) is 0 Å². The molecular formula is C16H17N5. The minimum atomic E-state index is 1.02. The van der Waals surface area contributed by atoms with Gasteiger partial charge in [-0.3, -0.25) is 5.10 Å². The van der Waals surface area contributed by atoms with Crippen LogP contribution in [0.15, 0.2) is 42.7 Å². The zero-order valence-electron chi connectivity index (χ0n) is 11.7. The number of aromatic nitrogens is 3. The van der Waals surface area contributed by atoms with E-state index in [1.165, 1.54) is 5.56 Å². The molecule has 0 unspecified atom stereocenters. The van der Waals surface area contributed by atoms with Crippen LogP contribution in [0.3, 0.4) is 0 Å². The highest BCUT2D eigenvalue weighted by Crippen LogP contribution is 2.27. The standard InChI is InChI=1S/C16H17N5/c1-2-13(14-11-19-20-15(14)3-1)12-4-5-16(18-10-12)21-8-6-17-7-9-21/h1-5,10-11,17H,6-9H2,(H,19,20). The molecular weight excluding hydrogens is 262 g/mol. The van der Waals surface area contributed by atoms with Gasteiger partial charge in [-0.05, 0) is 23.8 Å². The first kappa shape index (κ1) is 12.3. The predicted octanol–water partition coefficient (Wildman–Crippen LogP) is 2.03. The molecule has 2 N–H and O–H groups in total. The van der Waals surface area contributed by atoms with E-state index >= 15 is 0 Å². The number of nitrogens with zero attached hydrogens (tertiary/aromatic N) is 3. The zero-order valence-corrected chi connectivity index (χ0v) is 11.7. The molecule has 1 aliphatic heterocycles. The third-order valence-electron chi connectivity index (χ3n) is 3.98. The quantitative estimate of drug-likeness (QED) is 0.753. The van der Waals surface area contributed by atoms with Crippen molar-refractivity contribution in [2.45, 2.75) is 0 Å². The third kappa shape index (κ3) is 2.25. The molecule has 0 radical (unpaired) electrons. The molecule has 1 aliphatic rings. The highest BCUT2D eigenvalue weighted by atomic mass is 15.2. The Balaban J connectivity index is 1.68. The Morgan fingerprint density at radius 3 is 2.71 bits per heavy atom. The number of pyridine rings is 1. The Kier molecular flexibility index (Phi) is 3.05. The molecule has 4 rings (SSSR count). The molecule has 21 heavy (non-hydrogen) atoms. The number of aromatic amines is 1. The molecule has 1 aromatic carbocycles. The van der Waals surface area contributed by atoms with E-state index in [1.807, 2.05) is 24.5 Å². The number of rotatable bonds is 2. The maximum absolute atomic E-state index is 4.64. The van der Waals surface area contributed by atoms with E-state index < -0.39 is 0 Å². The fourth-order valence-electron chi connectivity index (χ4n) is 2.85. The number of H-pyrrole nitrogens is 1. The van der Waals surface area contributed by atoms with Gasteiger partial charge in [-0.2, -0.15) is 5.10 Å². The van der Waals surface area contributed by atoms with Gasteiger partial charge in [0, 0.05) is 43.3 Å². The Hall–Kier alpha value is -2.40. The normalized spacial score (nSPS) is 15.5. The second-order valence-corrected chi connectivity index (χ2v) is 5.28. The average Bonchev–Trinajstić information content (AvgIpc) is 3.04. The molecule has 1 saturated heterocycles. The van der Waals surface area contributed by atoms with E-state index in [1.54, 1.807) is 0 Å². The molecule has 1 fully saturated rings. The largest absolute Gasteiger partial charge is 0.354 e. The molecule has 0 amide bonds. The molecule has 2 aromatic heterocycles. The summed E-state index contributed by atoms with van der Waals surface area (Å²) in [5.74, 6) is 1.06. The number of nitrogens with one attached hydrogen (secondary N) is 2. The van der Waals surface area contributed by atoms with Gasteiger partial charge in [0.05, 0.1) is 11.7 Å². The first-order chi connectivity index (χ1) is 10.4. The summed E-state index contributed by atoms with van der Waals surface area (Å²) in [6.45, 7) is 4.09. The van der Waals surface area contributed by atoms with E-state index in [0.717, 1.165) is 48.5 Å². The van der Waals surface area contributed by atoms with Gasteiger partial charge in [-0.1, -0.05) is 12.1 Å². The van der Waals surface area contributed by atoms with Crippen LogP contribution in [-0.2, 0) is 0 Å². The Morgan fingerprint density at radius 1 is 1.00 bits per heavy atom. The van der Waals surface area contributed by atoms with Crippen LogP contribution in [0.5, 0.6) is 0 Å². The first-order valence-corrected chi connectivity index (χ1v) is 7.26. The summed E-state index contributed by atoms with van der Waals surface area (Å²) in [4.78, 5) is 6.96. The molecule has 0 bridgehead atoms. The minimum Gasteiger partial charge on any atom is -0.354 e. The second kappa shape index (κ2) is 5.18. The molecule has 5 nitrogen and oxygen atoms in total. The number of hydrogen-bond donors (Lipinski definition) is 2. The van der Waals surface area contributed by atoms with Gasteiger partial charge in [0.2, 0.25) is 0 Å². The van der Waals surface area contributed by atoms with E-state index in [-0.39, 0.29) is 0 Å². The van der Waals surface area contributed by atoms with Gasteiger partial charge in [0.25, 0.3) is 0 Å². The summed E-state index contributed by atoms with van der Waals surface area (Å²) in [6, 6.07) is 10.4. The van der Waals surface area contributed by atoms with E-state index in [0.29, 0.717) is 0 Å². The van der Waals surface area contributed by atoms with Gasteiger partial charge in [0.1, 0.15) is 5.82 Å².